The fraction of sp³-hybridized carbons (Fsp3) is 0.556. The number of benzene rings is 1. The van der Waals surface area contributed by atoms with Gasteiger partial charge in [-0.1, -0.05) is 24.3 Å². The van der Waals surface area contributed by atoms with Gasteiger partial charge in [0.05, 0.1) is 6.54 Å². The van der Waals surface area contributed by atoms with Crippen LogP contribution in [0.25, 0.3) is 0 Å². The van der Waals surface area contributed by atoms with Crippen molar-refractivity contribution in [1.82, 2.24) is 10.2 Å². The molecule has 0 aromatic heterocycles. The maximum atomic E-state index is 12.0. The summed E-state index contributed by atoms with van der Waals surface area (Å²) in [5.74, 6) is -0.698. The van der Waals surface area contributed by atoms with Crippen molar-refractivity contribution in [1.29, 1.82) is 0 Å². The summed E-state index contributed by atoms with van der Waals surface area (Å²) in [6.07, 6.45) is 5.76. The number of carbonyl (C=O) groups is 2. The van der Waals surface area contributed by atoms with E-state index in [0.717, 1.165) is 25.8 Å². The molecule has 5 nitrogen and oxygen atoms in total. The molecule has 0 bridgehead atoms. The van der Waals surface area contributed by atoms with E-state index in [4.69, 9.17) is 5.11 Å². The Labute approximate surface area is 136 Å². The molecule has 1 aliphatic heterocycles. The zero-order valence-corrected chi connectivity index (χ0v) is 13.3. The predicted molar refractivity (Wildman–Crippen MR) is 87.4 cm³/mol. The van der Waals surface area contributed by atoms with E-state index in [1.807, 2.05) is 0 Å². The van der Waals surface area contributed by atoms with Gasteiger partial charge in [-0.3, -0.25) is 14.5 Å². The van der Waals surface area contributed by atoms with Crippen molar-refractivity contribution >= 4 is 11.9 Å². The van der Waals surface area contributed by atoms with Gasteiger partial charge in [-0.25, -0.2) is 0 Å². The molecule has 1 aliphatic carbocycles. The third kappa shape index (κ3) is 3.72. The molecule has 5 heteroatoms. The zero-order valence-electron chi connectivity index (χ0n) is 13.3. The number of hydrogen-bond donors (Lipinski definition) is 2. The number of nitrogens with zero attached hydrogens (tertiary/aromatic N) is 1. The minimum absolute atomic E-state index is 0.191. The molecule has 0 spiro atoms. The van der Waals surface area contributed by atoms with Crippen molar-refractivity contribution in [3.05, 3.63) is 35.4 Å². The van der Waals surface area contributed by atoms with E-state index >= 15 is 0 Å². The summed E-state index contributed by atoms with van der Waals surface area (Å²) in [5.41, 5.74) is 2.90. The molecule has 2 unspecified atom stereocenters. The van der Waals surface area contributed by atoms with Crippen LogP contribution in [0.4, 0.5) is 0 Å². The second-order valence-electron chi connectivity index (χ2n) is 6.55. The van der Waals surface area contributed by atoms with E-state index in [9.17, 15) is 9.59 Å². The smallest absolute Gasteiger partial charge is 0.322 e. The number of carbonyl (C=O) groups excluding carboxylic acids is 1. The van der Waals surface area contributed by atoms with E-state index in [1.165, 1.54) is 24.0 Å². The highest BCUT2D eigenvalue weighted by molar-refractivity contribution is 5.82. The molecule has 0 saturated carbocycles. The summed E-state index contributed by atoms with van der Waals surface area (Å²) in [5, 5.41) is 11.1. The number of carboxylic acids is 1. The lowest BCUT2D eigenvalue weighted by Gasteiger charge is -2.35. The quantitative estimate of drug-likeness (QED) is 0.868. The van der Waals surface area contributed by atoms with Gasteiger partial charge < -0.3 is 10.4 Å². The van der Waals surface area contributed by atoms with Crippen molar-refractivity contribution in [2.75, 3.05) is 19.6 Å². The average Bonchev–Trinajstić information content (AvgIpc) is 3.00. The van der Waals surface area contributed by atoms with Crippen LogP contribution in [0.1, 0.15) is 42.7 Å². The largest absolute Gasteiger partial charge is 0.480 e. The molecule has 1 heterocycles. The lowest BCUT2D eigenvalue weighted by Crippen LogP contribution is -2.43. The second kappa shape index (κ2) is 7.13. The summed E-state index contributed by atoms with van der Waals surface area (Å²) in [6.45, 7) is 0.921. The number of aliphatic carboxylic acids is 1. The molecule has 1 fully saturated rings. The summed E-state index contributed by atoms with van der Waals surface area (Å²) >= 11 is 0. The molecule has 1 aromatic carbocycles. The van der Waals surface area contributed by atoms with Gasteiger partial charge in [-0.2, -0.15) is 0 Å². The Balaban J connectivity index is 1.68. The lowest BCUT2D eigenvalue weighted by atomic mass is 9.78. The molecule has 2 aliphatic rings. The van der Waals surface area contributed by atoms with Gasteiger partial charge in [0, 0.05) is 6.04 Å². The minimum atomic E-state index is -1.00. The molecule has 3 rings (SSSR count). The van der Waals surface area contributed by atoms with Crippen LogP contribution in [0.15, 0.2) is 24.3 Å². The van der Waals surface area contributed by atoms with Crippen molar-refractivity contribution in [3.63, 3.8) is 0 Å². The van der Waals surface area contributed by atoms with Crippen molar-refractivity contribution in [2.24, 2.45) is 0 Å². The van der Waals surface area contributed by atoms with Gasteiger partial charge in [0.2, 0.25) is 5.91 Å². The summed E-state index contributed by atoms with van der Waals surface area (Å²) in [7, 11) is 0. The van der Waals surface area contributed by atoms with Crippen LogP contribution in [0.3, 0.4) is 0 Å². The number of hydrogen-bond acceptors (Lipinski definition) is 3. The van der Waals surface area contributed by atoms with E-state index < -0.39 is 5.97 Å². The highest BCUT2D eigenvalue weighted by Crippen LogP contribution is 2.39. The molecule has 0 radical (unpaired) electrons. The minimum Gasteiger partial charge on any atom is -0.480 e. The third-order valence-corrected chi connectivity index (χ3v) is 5.08. The lowest BCUT2D eigenvalue weighted by molar-refractivity contribution is -0.138. The van der Waals surface area contributed by atoms with Gasteiger partial charge in [0.25, 0.3) is 0 Å². The molecule has 1 amide bonds. The number of carboxylic acid groups (broad SMARTS) is 1. The number of fused-ring (bicyclic) bond motifs is 1. The molecule has 1 saturated heterocycles. The van der Waals surface area contributed by atoms with Crippen LogP contribution in [0.5, 0.6) is 0 Å². The van der Waals surface area contributed by atoms with Crippen LogP contribution in [-0.4, -0.2) is 47.6 Å². The Morgan fingerprint density at radius 2 is 2.04 bits per heavy atom. The monoisotopic (exact) mass is 316 g/mol. The summed E-state index contributed by atoms with van der Waals surface area (Å²) in [6, 6.07) is 9.07. The normalized spacial score (nSPS) is 24.2. The number of rotatable bonds is 5. The molecule has 23 heavy (non-hydrogen) atoms. The standard InChI is InChI=1S/C18H24N2O3/c21-17(19-11-18(22)23)12-20-10-4-9-16(20)15-8-3-6-13-5-1-2-7-14(13)15/h1-2,5,7,15-16H,3-4,6,8-12H2,(H,19,21)(H,22,23). The fourth-order valence-corrected chi connectivity index (χ4v) is 4.11. The maximum Gasteiger partial charge on any atom is 0.322 e. The van der Waals surface area contributed by atoms with Crippen LogP contribution in [-0.2, 0) is 16.0 Å². The fourth-order valence-electron chi connectivity index (χ4n) is 4.11. The van der Waals surface area contributed by atoms with Crippen LogP contribution >= 0.6 is 0 Å². The van der Waals surface area contributed by atoms with Crippen molar-refractivity contribution in [2.45, 2.75) is 44.1 Å². The van der Waals surface area contributed by atoms with E-state index in [-0.39, 0.29) is 12.5 Å². The highest BCUT2D eigenvalue weighted by Gasteiger charge is 2.35. The van der Waals surface area contributed by atoms with Gasteiger partial charge in [0.15, 0.2) is 0 Å². The number of aryl methyl sites for hydroxylation is 1. The summed E-state index contributed by atoms with van der Waals surface area (Å²) in [4.78, 5) is 24.8. The zero-order chi connectivity index (χ0) is 16.2. The van der Waals surface area contributed by atoms with Gasteiger partial charge in [-0.15, -0.1) is 0 Å². The Morgan fingerprint density at radius 3 is 2.87 bits per heavy atom. The molecular formula is C18H24N2O3. The first-order valence-corrected chi connectivity index (χ1v) is 8.45. The Kier molecular flexibility index (Phi) is 4.96. The Hall–Kier alpha value is -1.88. The molecule has 1 aromatic rings. The first-order valence-electron chi connectivity index (χ1n) is 8.45. The molecular weight excluding hydrogens is 292 g/mol. The van der Waals surface area contributed by atoms with Crippen LogP contribution in [0.2, 0.25) is 0 Å². The van der Waals surface area contributed by atoms with Crippen LogP contribution in [0, 0.1) is 0 Å². The molecule has 124 valence electrons. The van der Waals surface area contributed by atoms with Gasteiger partial charge in [-0.05, 0) is 55.7 Å². The van der Waals surface area contributed by atoms with Gasteiger partial charge >= 0.3 is 5.97 Å². The van der Waals surface area contributed by atoms with E-state index in [0.29, 0.717) is 18.5 Å². The molecule has 2 N–H and O–H groups in total. The highest BCUT2D eigenvalue weighted by atomic mass is 16.4. The maximum absolute atomic E-state index is 12.0. The third-order valence-electron chi connectivity index (χ3n) is 5.08. The van der Waals surface area contributed by atoms with E-state index in [2.05, 4.69) is 34.5 Å². The summed E-state index contributed by atoms with van der Waals surface area (Å²) < 4.78 is 0. The Bertz CT molecular complexity index is 587. The van der Waals surface area contributed by atoms with Crippen LogP contribution < -0.4 is 5.32 Å². The number of nitrogens with one attached hydrogen (secondary N) is 1. The number of likely N-dealkylation sites (tertiary alicyclic amines) is 1. The second-order valence-corrected chi connectivity index (χ2v) is 6.55. The first-order chi connectivity index (χ1) is 11.1. The van der Waals surface area contributed by atoms with Crippen molar-refractivity contribution < 1.29 is 14.7 Å². The Morgan fingerprint density at radius 1 is 1.22 bits per heavy atom. The topological polar surface area (TPSA) is 69.6 Å². The SMILES string of the molecule is O=C(O)CNC(=O)CN1CCCC1C1CCCc2ccccc21. The van der Waals surface area contributed by atoms with Crippen molar-refractivity contribution in [3.8, 4) is 0 Å². The number of amides is 1. The first kappa shape index (κ1) is 16.0. The predicted octanol–water partition coefficient (Wildman–Crippen LogP) is 1.77. The average molecular weight is 316 g/mol. The molecule has 2 atom stereocenters. The van der Waals surface area contributed by atoms with Gasteiger partial charge in [0.1, 0.15) is 6.54 Å². The van der Waals surface area contributed by atoms with E-state index in [1.54, 1.807) is 0 Å².